The number of hydrogen-bond acceptors (Lipinski definition) is 5. The summed E-state index contributed by atoms with van der Waals surface area (Å²) in [6, 6.07) is 5.99. The van der Waals surface area contributed by atoms with Gasteiger partial charge in [0.2, 0.25) is 5.96 Å². The summed E-state index contributed by atoms with van der Waals surface area (Å²) >= 11 is 1.59. The molecular formula is C19H24N4O2S. The van der Waals surface area contributed by atoms with Crippen LogP contribution >= 0.6 is 11.3 Å². The van der Waals surface area contributed by atoms with Crippen molar-refractivity contribution in [1.29, 1.82) is 0 Å². The Morgan fingerprint density at radius 2 is 2.23 bits per heavy atom. The number of nitrogens with one attached hydrogen (secondary N) is 1. The fourth-order valence-corrected chi connectivity index (χ4v) is 3.67. The van der Waals surface area contributed by atoms with Gasteiger partial charge in [-0.3, -0.25) is 9.69 Å². The number of thiazole rings is 1. The Morgan fingerprint density at radius 3 is 2.96 bits per heavy atom. The number of methoxy groups -OCH3 is 1. The summed E-state index contributed by atoms with van der Waals surface area (Å²) in [6.07, 6.45) is 2.76. The van der Waals surface area contributed by atoms with Crippen molar-refractivity contribution in [2.45, 2.75) is 26.3 Å². The number of hydrogen-bond donors (Lipinski definition) is 1. The van der Waals surface area contributed by atoms with Crippen LogP contribution in [-0.2, 0) is 9.53 Å². The van der Waals surface area contributed by atoms with E-state index in [1.807, 2.05) is 29.8 Å². The second-order valence-electron chi connectivity index (χ2n) is 6.82. The number of rotatable bonds is 6. The summed E-state index contributed by atoms with van der Waals surface area (Å²) in [7, 11) is 3.41. The van der Waals surface area contributed by atoms with Crippen LogP contribution in [0.5, 0.6) is 0 Å². The minimum Gasteiger partial charge on any atom is -0.382 e. The molecule has 26 heavy (non-hydrogen) atoms. The maximum atomic E-state index is 12.6. The normalized spacial score (nSPS) is 19.1. The summed E-state index contributed by atoms with van der Waals surface area (Å²) in [6.45, 7) is 4.84. The van der Waals surface area contributed by atoms with Gasteiger partial charge in [0.05, 0.1) is 28.4 Å². The molecule has 2 aromatic rings. The Bertz CT molecular complexity index is 856. The lowest BCUT2D eigenvalue weighted by Gasteiger charge is -2.16. The number of carbonyl (C=O) groups excluding carboxylic acids is 1. The molecule has 3 rings (SSSR count). The zero-order valence-corrected chi connectivity index (χ0v) is 16.3. The lowest BCUT2D eigenvalue weighted by atomic mass is 10.1. The maximum Gasteiger partial charge on any atom is 0.276 e. The predicted molar refractivity (Wildman–Crippen MR) is 106 cm³/mol. The number of guanidine groups is 1. The third kappa shape index (κ3) is 4.11. The standard InChI is InChI=1S/C19H24N4O2S/c1-12(2)7-14(10-25-4)21-19-22-16(18(24)23(19)3)8-13-5-6-15-17(9-13)26-11-20-15/h5-6,8-9,11-12,14H,7,10H2,1-4H3,(H,21,22)/b16-8-. The van der Waals surface area contributed by atoms with Crippen LogP contribution in [0.2, 0.25) is 0 Å². The second kappa shape index (κ2) is 7.97. The van der Waals surface area contributed by atoms with Crippen molar-refractivity contribution >= 4 is 39.5 Å². The molecule has 1 saturated heterocycles. The lowest BCUT2D eigenvalue weighted by molar-refractivity contribution is -0.121. The zero-order chi connectivity index (χ0) is 18.7. The number of aromatic nitrogens is 1. The first-order valence-corrected chi connectivity index (χ1v) is 9.52. The van der Waals surface area contributed by atoms with Crippen LogP contribution in [-0.4, -0.2) is 48.6 Å². The van der Waals surface area contributed by atoms with Crippen LogP contribution in [0.3, 0.4) is 0 Å². The Hall–Kier alpha value is -2.25. The van der Waals surface area contributed by atoms with Crippen molar-refractivity contribution < 1.29 is 9.53 Å². The van der Waals surface area contributed by atoms with Crippen LogP contribution in [0.1, 0.15) is 25.8 Å². The molecule has 1 atom stereocenters. The van der Waals surface area contributed by atoms with Crippen LogP contribution in [0.4, 0.5) is 0 Å². The molecule has 1 aliphatic heterocycles. The summed E-state index contributed by atoms with van der Waals surface area (Å²) in [4.78, 5) is 23.1. The van der Waals surface area contributed by atoms with Crippen molar-refractivity contribution in [3.8, 4) is 0 Å². The van der Waals surface area contributed by atoms with E-state index in [0.29, 0.717) is 24.2 Å². The third-order valence-corrected chi connectivity index (χ3v) is 4.96. The summed E-state index contributed by atoms with van der Waals surface area (Å²) in [5.41, 5.74) is 4.28. The van der Waals surface area contributed by atoms with Crippen molar-refractivity contribution in [1.82, 2.24) is 15.2 Å². The summed E-state index contributed by atoms with van der Waals surface area (Å²) in [5.74, 6) is 0.986. The smallest absolute Gasteiger partial charge is 0.276 e. The topological polar surface area (TPSA) is 66.8 Å². The predicted octanol–water partition coefficient (Wildman–Crippen LogP) is 3.12. The first kappa shape index (κ1) is 18.5. The number of nitrogens with zero attached hydrogens (tertiary/aromatic N) is 3. The number of amides is 1. The van der Waals surface area contributed by atoms with E-state index in [1.54, 1.807) is 30.4 Å². The highest BCUT2D eigenvalue weighted by molar-refractivity contribution is 7.16. The molecule has 2 heterocycles. The fraction of sp³-hybridized carbons (Fsp3) is 0.421. The molecule has 0 radical (unpaired) electrons. The van der Waals surface area contributed by atoms with Gasteiger partial charge in [0.25, 0.3) is 5.91 Å². The van der Waals surface area contributed by atoms with Crippen molar-refractivity contribution in [3.63, 3.8) is 0 Å². The molecule has 1 aromatic carbocycles. The van der Waals surface area contributed by atoms with Gasteiger partial charge in [-0.1, -0.05) is 19.9 Å². The van der Waals surface area contributed by atoms with Crippen molar-refractivity contribution in [3.05, 3.63) is 35.0 Å². The lowest BCUT2D eigenvalue weighted by Crippen LogP contribution is -2.31. The third-order valence-electron chi connectivity index (χ3n) is 4.17. The monoisotopic (exact) mass is 372 g/mol. The van der Waals surface area contributed by atoms with Gasteiger partial charge in [-0.25, -0.2) is 9.98 Å². The van der Waals surface area contributed by atoms with Gasteiger partial charge in [0, 0.05) is 14.2 Å². The molecule has 1 N–H and O–H groups in total. The maximum absolute atomic E-state index is 12.6. The molecule has 1 unspecified atom stereocenters. The van der Waals surface area contributed by atoms with E-state index < -0.39 is 0 Å². The molecule has 6 nitrogen and oxygen atoms in total. The Morgan fingerprint density at radius 1 is 1.42 bits per heavy atom. The Balaban J connectivity index is 1.83. The van der Waals surface area contributed by atoms with E-state index in [9.17, 15) is 4.79 Å². The van der Waals surface area contributed by atoms with E-state index in [4.69, 9.17) is 9.73 Å². The van der Waals surface area contributed by atoms with Crippen LogP contribution < -0.4 is 5.32 Å². The van der Waals surface area contributed by atoms with Gasteiger partial charge in [0.1, 0.15) is 5.70 Å². The highest BCUT2D eigenvalue weighted by Gasteiger charge is 2.29. The molecule has 1 fully saturated rings. The molecular weight excluding hydrogens is 348 g/mol. The van der Waals surface area contributed by atoms with Gasteiger partial charge in [-0.2, -0.15) is 0 Å². The highest BCUT2D eigenvalue weighted by Crippen LogP contribution is 2.21. The molecule has 1 aliphatic rings. The number of fused-ring (bicyclic) bond motifs is 1. The summed E-state index contributed by atoms with van der Waals surface area (Å²) < 4.78 is 6.38. The van der Waals surface area contributed by atoms with E-state index in [2.05, 4.69) is 24.1 Å². The molecule has 0 bridgehead atoms. The first-order valence-electron chi connectivity index (χ1n) is 8.64. The number of benzene rings is 1. The van der Waals surface area contributed by atoms with Gasteiger partial charge in [-0.15, -0.1) is 11.3 Å². The van der Waals surface area contributed by atoms with Crippen molar-refractivity contribution in [2.75, 3.05) is 20.8 Å². The number of carbonyl (C=O) groups is 1. The minimum atomic E-state index is -0.0890. The molecule has 0 aliphatic carbocycles. The van der Waals surface area contributed by atoms with Crippen LogP contribution in [0, 0.1) is 5.92 Å². The van der Waals surface area contributed by atoms with Gasteiger partial charge in [-0.05, 0) is 36.1 Å². The molecule has 1 amide bonds. The average Bonchev–Trinajstić information content (AvgIpc) is 3.15. The number of likely N-dealkylation sites (N-methyl/N-ethyl adjacent to an activating group) is 1. The van der Waals surface area contributed by atoms with Gasteiger partial charge in [0.15, 0.2) is 0 Å². The molecule has 138 valence electrons. The Labute approximate surface area is 157 Å². The van der Waals surface area contributed by atoms with Crippen LogP contribution in [0.15, 0.2) is 34.4 Å². The molecule has 0 spiro atoms. The largest absolute Gasteiger partial charge is 0.382 e. The van der Waals surface area contributed by atoms with E-state index in [0.717, 1.165) is 22.2 Å². The van der Waals surface area contributed by atoms with E-state index in [1.165, 1.54) is 0 Å². The van der Waals surface area contributed by atoms with Gasteiger partial charge < -0.3 is 10.1 Å². The van der Waals surface area contributed by atoms with E-state index in [-0.39, 0.29) is 11.9 Å². The zero-order valence-electron chi connectivity index (χ0n) is 15.5. The van der Waals surface area contributed by atoms with Gasteiger partial charge >= 0.3 is 0 Å². The second-order valence-corrected chi connectivity index (χ2v) is 7.70. The number of aliphatic imine (C=N–C) groups is 1. The first-order chi connectivity index (χ1) is 12.5. The minimum absolute atomic E-state index is 0.0191. The fourth-order valence-electron chi connectivity index (χ4n) is 2.95. The molecule has 0 saturated carbocycles. The van der Waals surface area contributed by atoms with Crippen LogP contribution in [0.25, 0.3) is 16.3 Å². The quantitative estimate of drug-likeness (QED) is 0.791. The summed E-state index contributed by atoms with van der Waals surface area (Å²) in [5, 5.41) is 3.16. The highest BCUT2D eigenvalue weighted by atomic mass is 32.1. The molecule has 7 heteroatoms. The molecule has 1 aromatic heterocycles. The van der Waals surface area contributed by atoms with E-state index >= 15 is 0 Å². The average molecular weight is 372 g/mol. The Kier molecular flexibility index (Phi) is 5.68. The van der Waals surface area contributed by atoms with Crippen molar-refractivity contribution in [2.24, 2.45) is 10.9 Å². The number of ether oxygens (including phenoxy) is 1. The SMILES string of the molecule is COCC(CC(C)C)N=C1N/C(=C\c2ccc3ncsc3c2)C(=O)N1C.